The van der Waals surface area contributed by atoms with Crippen molar-refractivity contribution < 1.29 is 19.2 Å². The van der Waals surface area contributed by atoms with Crippen LogP contribution in [0.4, 0.5) is 16.4 Å². The Hall–Kier alpha value is -4.23. The number of thiophene rings is 1. The highest BCUT2D eigenvalue weighted by Gasteiger charge is 2.23. The zero-order valence-corrected chi connectivity index (χ0v) is 21.6. The number of nitrogens with one attached hydrogen (secondary N) is 1. The lowest BCUT2D eigenvalue weighted by atomic mass is 9.89. The Labute approximate surface area is 218 Å². The molecule has 190 valence electrons. The van der Waals surface area contributed by atoms with E-state index in [1.54, 1.807) is 48.7 Å². The van der Waals surface area contributed by atoms with Crippen molar-refractivity contribution in [3.8, 4) is 17.6 Å². The average Bonchev–Trinajstić information content (AvgIpc) is 3.23. The molecule has 1 aliphatic carbocycles. The number of ether oxygens (including phenoxy) is 2. The first-order chi connectivity index (χ1) is 17.8. The molecule has 1 heterocycles. The summed E-state index contributed by atoms with van der Waals surface area (Å²) in [6.45, 7) is 3.66. The zero-order valence-electron chi connectivity index (χ0n) is 20.7. The molecule has 0 bridgehead atoms. The van der Waals surface area contributed by atoms with Gasteiger partial charge in [0.15, 0.2) is 18.1 Å². The third-order valence-electron chi connectivity index (χ3n) is 6.19. The number of nitro benzene ring substituents is 1. The third kappa shape index (κ3) is 5.95. The molecule has 0 saturated carbocycles. The van der Waals surface area contributed by atoms with Gasteiger partial charge < -0.3 is 14.8 Å². The number of aryl methyl sites for hydroxylation is 1. The Kier molecular flexibility index (Phi) is 7.84. The quantitative estimate of drug-likeness (QED) is 0.230. The molecule has 1 amide bonds. The van der Waals surface area contributed by atoms with Crippen LogP contribution in [0.2, 0.25) is 0 Å². The molecule has 9 nitrogen and oxygen atoms in total. The Balaban J connectivity index is 1.44. The fourth-order valence-electron chi connectivity index (χ4n) is 4.15. The van der Waals surface area contributed by atoms with Crippen molar-refractivity contribution in [2.24, 2.45) is 10.9 Å². The number of fused-ring (bicyclic) bond motifs is 1. The highest BCUT2D eigenvalue weighted by Crippen LogP contribution is 2.40. The normalized spacial score (nSPS) is 14.6. The van der Waals surface area contributed by atoms with E-state index < -0.39 is 10.8 Å². The van der Waals surface area contributed by atoms with Crippen LogP contribution in [0.25, 0.3) is 0 Å². The van der Waals surface area contributed by atoms with E-state index in [0.717, 1.165) is 30.4 Å². The summed E-state index contributed by atoms with van der Waals surface area (Å²) in [4.78, 5) is 28.8. The Bertz CT molecular complexity index is 1420. The van der Waals surface area contributed by atoms with E-state index in [2.05, 4.69) is 23.3 Å². The van der Waals surface area contributed by atoms with Crippen molar-refractivity contribution in [3.05, 3.63) is 73.6 Å². The van der Waals surface area contributed by atoms with Crippen molar-refractivity contribution in [2.75, 3.05) is 19.0 Å². The van der Waals surface area contributed by atoms with Gasteiger partial charge in [-0.2, -0.15) is 5.26 Å². The van der Waals surface area contributed by atoms with Crippen LogP contribution in [0, 0.1) is 34.3 Å². The summed E-state index contributed by atoms with van der Waals surface area (Å²) in [6.07, 6.45) is 4.67. The molecule has 1 unspecified atom stereocenters. The van der Waals surface area contributed by atoms with Gasteiger partial charge in [0.05, 0.1) is 23.3 Å². The fourth-order valence-corrected chi connectivity index (χ4v) is 5.45. The largest absolute Gasteiger partial charge is 0.493 e. The molecule has 37 heavy (non-hydrogen) atoms. The van der Waals surface area contributed by atoms with Gasteiger partial charge in [-0.25, -0.2) is 4.99 Å². The van der Waals surface area contributed by atoms with E-state index in [1.165, 1.54) is 24.1 Å². The minimum absolute atomic E-state index is 0.111. The van der Waals surface area contributed by atoms with Gasteiger partial charge in [-0.3, -0.25) is 14.9 Å². The average molecular weight is 519 g/mol. The summed E-state index contributed by atoms with van der Waals surface area (Å²) in [5, 5.41) is 24.0. The van der Waals surface area contributed by atoms with E-state index >= 15 is 0 Å². The minimum atomic E-state index is -0.518. The Morgan fingerprint density at radius 2 is 2.14 bits per heavy atom. The highest BCUT2D eigenvalue weighted by molar-refractivity contribution is 7.16. The lowest BCUT2D eigenvalue weighted by Gasteiger charge is -2.17. The van der Waals surface area contributed by atoms with Gasteiger partial charge in [0.1, 0.15) is 11.1 Å². The fraction of sp³-hybridized carbons (Fsp3) is 0.296. The lowest BCUT2D eigenvalue weighted by molar-refractivity contribution is -0.384. The number of benzene rings is 2. The van der Waals surface area contributed by atoms with Gasteiger partial charge in [-0.15, -0.1) is 11.3 Å². The van der Waals surface area contributed by atoms with Gasteiger partial charge >= 0.3 is 0 Å². The molecule has 0 radical (unpaired) electrons. The van der Waals surface area contributed by atoms with Crippen molar-refractivity contribution in [2.45, 2.75) is 33.1 Å². The standard InChI is InChI=1S/C27H26N4O5S/c1-16-4-8-20-21(13-28)27(37-25(20)10-16)29-14-18-6-9-23(24(11-18)35-3)36-15-26(32)30-22-12-19(31(33)34)7-5-17(22)2/h5-7,9,11-12,14,16H,4,8,10,15H2,1-3H3,(H,30,32)/b29-14+. The molecular formula is C27H26N4O5S. The number of rotatable bonds is 8. The van der Waals surface area contributed by atoms with Gasteiger partial charge in [0.25, 0.3) is 11.6 Å². The maximum atomic E-state index is 12.4. The van der Waals surface area contributed by atoms with Crippen molar-refractivity contribution >= 4 is 39.8 Å². The second-order valence-electron chi connectivity index (χ2n) is 8.91. The van der Waals surface area contributed by atoms with Gasteiger partial charge in [-0.1, -0.05) is 13.0 Å². The van der Waals surface area contributed by atoms with Crippen LogP contribution in [-0.4, -0.2) is 30.8 Å². The number of hydrogen-bond acceptors (Lipinski definition) is 8. The predicted octanol–water partition coefficient (Wildman–Crippen LogP) is 5.74. The van der Waals surface area contributed by atoms with Crippen molar-refractivity contribution in [3.63, 3.8) is 0 Å². The summed E-state index contributed by atoms with van der Waals surface area (Å²) in [7, 11) is 1.50. The van der Waals surface area contributed by atoms with Crippen LogP contribution in [0.1, 0.15) is 40.5 Å². The molecule has 3 aromatic rings. The van der Waals surface area contributed by atoms with Gasteiger partial charge in [0.2, 0.25) is 0 Å². The molecule has 0 saturated heterocycles. The van der Waals surface area contributed by atoms with Crippen LogP contribution in [0.15, 0.2) is 41.4 Å². The topological polar surface area (TPSA) is 127 Å². The molecule has 0 spiro atoms. The summed E-state index contributed by atoms with van der Waals surface area (Å²) in [5.41, 5.74) is 3.49. The smallest absolute Gasteiger partial charge is 0.271 e. The predicted molar refractivity (Wildman–Crippen MR) is 142 cm³/mol. The number of carbonyl (C=O) groups is 1. The summed E-state index contributed by atoms with van der Waals surface area (Å²) < 4.78 is 11.1. The Morgan fingerprint density at radius 1 is 1.32 bits per heavy atom. The zero-order chi connectivity index (χ0) is 26.5. The number of nitro groups is 1. The van der Waals surface area contributed by atoms with E-state index in [4.69, 9.17) is 9.47 Å². The minimum Gasteiger partial charge on any atom is -0.493 e. The van der Waals surface area contributed by atoms with Crippen molar-refractivity contribution in [1.29, 1.82) is 5.26 Å². The highest BCUT2D eigenvalue weighted by atomic mass is 32.1. The van der Waals surface area contributed by atoms with Gasteiger partial charge in [0, 0.05) is 23.2 Å². The molecule has 0 aliphatic heterocycles. The van der Waals surface area contributed by atoms with Crippen molar-refractivity contribution in [1.82, 2.24) is 0 Å². The van der Waals surface area contributed by atoms with Crippen LogP contribution in [-0.2, 0) is 17.6 Å². The van der Waals surface area contributed by atoms with Crippen LogP contribution in [0.5, 0.6) is 11.5 Å². The summed E-state index contributed by atoms with van der Waals surface area (Å²) in [6, 6.07) is 11.8. The number of methoxy groups -OCH3 is 1. The molecule has 1 aliphatic rings. The number of anilines is 1. The molecule has 10 heteroatoms. The first kappa shape index (κ1) is 25.9. The second kappa shape index (κ2) is 11.2. The number of carbonyl (C=O) groups excluding carboxylic acids is 1. The Morgan fingerprint density at radius 3 is 2.86 bits per heavy atom. The number of non-ortho nitro benzene ring substituents is 1. The van der Waals surface area contributed by atoms with Crippen LogP contribution >= 0.6 is 11.3 Å². The second-order valence-corrected chi connectivity index (χ2v) is 9.99. The van der Waals surface area contributed by atoms with E-state index in [-0.39, 0.29) is 12.3 Å². The number of nitrogens with zero attached hydrogens (tertiary/aromatic N) is 3. The number of amides is 1. The third-order valence-corrected chi connectivity index (χ3v) is 7.35. The molecule has 1 aromatic heterocycles. The maximum Gasteiger partial charge on any atom is 0.271 e. The monoisotopic (exact) mass is 518 g/mol. The van der Waals surface area contributed by atoms with E-state index in [0.29, 0.717) is 39.2 Å². The molecular weight excluding hydrogens is 492 g/mol. The molecule has 2 aromatic carbocycles. The summed E-state index contributed by atoms with van der Waals surface area (Å²) in [5.74, 6) is 0.937. The number of nitriles is 1. The molecule has 1 N–H and O–H groups in total. The number of hydrogen-bond donors (Lipinski definition) is 1. The molecule has 4 rings (SSSR count). The van der Waals surface area contributed by atoms with E-state index in [9.17, 15) is 20.2 Å². The maximum absolute atomic E-state index is 12.4. The van der Waals surface area contributed by atoms with Gasteiger partial charge in [-0.05, 0) is 67.0 Å². The van der Waals surface area contributed by atoms with Crippen LogP contribution in [0.3, 0.4) is 0 Å². The number of aliphatic imine (C=N–C) groups is 1. The summed E-state index contributed by atoms with van der Waals surface area (Å²) >= 11 is 1.58. The lowest BCUT2D eigenvalue weighted by Crippen LogP contribution is -2.21. The van der Waals surface area contributed by atoms with E-state index in [1.807, 2.05) is 0 Å². The van der Waals surface area contributed by atoms with Crippen LogP contribution < -0.4 is 14.8 Å². The first-order valence-electron chi connectivity index (χ1n) is 11.7. The SMILES string of the molecule is COc1cc(/C=N/c2sc3c(c2C#N)CCC(C)C3)ccc1OCC(=O)Nc1cc([N+](=O)[O-])ccc1C. The molecule has 0 fully saturated rings. The first-order valence-corrected chi connectivity index (χ1v) is 12.5. The molecule has 1 atom stereocenters.